The van der Waals surface area contributed by atoms with Gasteiger partial charge in [0.2, 0.25) is 0 Å². The van der Waals surface area contributed by atoms with Crippen LogP contribution in [0.2, 0.25) is 0 Å². The maximum Gasteiger partial charge on any atom is 0.151 e. The van der Waals surface area contributed by atoms with E-state index < -0.39 is 9.84 Å². The van der Waals surface area contributed by atoms with E-state index in [1.807, 2.05) is 6.92 Å². The Morgan fingerprint density at radius 1 is 1.29 bits per heavy atom. The molecule has 0 amide bonds. The first-order valence-electron chi connectivity index (χ1n) is 5.53. The molecule has 1 fully saturated rings. The summed E-state index contributed by atoms with van der Waals surface area (Å²) < 4.78 is 22.7. The van der Waals surface area contributed by atoms with E-state index in [1.54, 1.807) is 0 Å². The highest BCUT2D eigenvalue weighted by Gasteiger charge is 2.34. The second-order valence-electron chi connectivity index (χ2n) is 4.12. The van der Waals surface area contributed by atoms with Gasteiger partial charge in [0.1, 0.15) is 0 Å². The highest BCUT2D eigenvalue weighted by atomic mass is 32.2. The van der Waals surface area contributed by atoms with E-state index in [-0.39, 0.29) is 0 Å². The minimum absolute atomic E-state index is 0.299. The topological polar surface area (TPSA) is 46.2 Å². The molecule has 14 heavy (non-hydrogen) atoms. The Labute approximate surface area is 87.2 Å². The largest absolute Gasteiger partial charge is 0.313 e. The number of rotatable bonds is 7. The van der Waals surface area contributed by atoms with Crippen LogP contribution in [-0.4, -0.2) is 32.5 Å². The van der Waals surface area contributed by atoms with Gasteiger partial charge < -0.3 is 5.32 Å². The zero-order chi connectivity index (χ0) is 10.6. The Kier molecular flexibility index (Phi) is 4.38. The monoisotopic (exact) mass is 219 g/mol. The van der Waals surface area contributed by atoms with E-state index in [0.29, 0.717) is 24.1 Å². The van der Waals surface area contributed by atoms with Crippen molar-refractivity contribution in [1.82, 2.24) is 5.32 Å². The predicted octanol–water partition coefficient (Wildman–Crippen LogP) is 1.20. The summed E-state index contributed by atoms with van der Waals surface area (Å²) >= 11 is 0. The molecule has 1 aliphatic rings. The number of hydrogen-bond donors (Lipinski definition) is 1. The lowest BCUT2D eigenvalue weighted by Crippen LogP contribution is -2.26. The van der Waals surface area contributed by atoms with Crippen LogP contribution in [0, 0.1) is 5.92 Å². The predicted molar refractivity (Wildman–Crippen MR) is 59.1 cm³/mol. The first-order valence-corrected chi connectivity index (χ1v) is 7.35. The molecule has 84 valence electrons. The third kappa shape index (κ3) is 3.96. The molecule has 1 aliphatic carbocycles. The van der Waals surface area contributed by atoms with Gasteiger partial charge in [0.25, 0.3) is 0 Å². The molecule has 0 spiro atoms. The van der Waals surface area contributed by atoms with Gasteiger partial charge in [0.05, 0.1) is 5.75 Å². The fourth-order valence-electron chi connectivity index (χ4n) is 1.76. The van der Waals surface area contributed by atoms with Gasteiger partial charge in [0, 0.05) is 18.3 Å². The van der Waals surface area contributed by atoms with E-state index in [1.165, 1.54) is 12.8 Å². The Balaban J connectivity index is 2.10. The summed E-state index contributed by atoms with van der Waals surface area (Å²) in [7, 11) is -2.79. The standard InChI is InChI=1S/C10H21NO2S/c1-3-6-14(12,13)7-5-11-10-8-9(10)4-2/h9-11H,3-8H2,1-2H3. The summed E-state index contributed by atoms with van der Waals surface area (Å²) in [6.07, 6.45) is 3.16. The van der Waals surface area contributed by atoms with Crippen LogP contribution in [-0.2, 0) is 9.84 Å². The Hall–Kier alpha value is -0.0900. The molecule has 3 nitrogen and oxygen atoms in total. The molecule has 0 aromatic rings. The average Bonchev–Trinajstić information content (AvgIpc) is 2.83. The van der Waals surface area contributed by atoms with Gasteiger partial charge in [-0.05, 0) is 18.8 Å². The Bertz CT molecular complexity index is 261. The summed E-state index contributed by atoms with van der Waals surface area (Å²) in [6.45, 7) is 4.71. The van der Waals surface area contributed by atoms with Gasteiger partial charge in [-0.2, -0.15) is 0 Å². The SMILES string of the molecule is CCCS(=O)(=O)CCNC1CC1CC. The van der Waals surface area contributed by atoms with E-state index in [2.05, 4.69) is 12.2 Å². The molecule has 0 aliphatic heterocycles. The highest BCUT2D eigenvalue weighted by Crippen LogP contribution is 2.32. The van der Waals surface area contributed by atoms with Gasteiger partial charge >= 0.3 is 0 Å². The molecule has 1 saturated carbocycles. The fourth-order valence-corrected chi connectivity index (χ4v) is 3.02. The first-order chi connectivity index (χ1) is 6.59. The molecule has 2 atom stereocenters. The van der Waals surface area contributed by atoms with Crippen LogP contribution >= 0.6 is 0 Å². The van der Waals surface area contributed by atoms with Crippen molar-refractivity contribution < 1.29 is 8.42 Å². The van der Waals surface area contributed by atoms with E-state index in [9.17, 15) is 8.42 Å². The molecular weight excluding hydrogens is 198 g/mol. The lowest BCUT2D eigenvalue weighted by molar-refractivity contribution is 0.585. The number of nitrogens with one attached hydrogen (secondary N) is 1. The Morgan fingerprint density at radius 3 is 2.50 bits per heavy atom. The molecule has 0 radical (unpaired) electrons. The van der Waals surface area contributed by atoms with Crippen LogP contribution in [0.15, 0.2) is 0 Å². The molecule has 0 aromatic heterocycles. The van der Waals surface area contributed by atoms with Crippen molar-refractivity contribution >= 4 is 9.84 Å². The third-order valence-corrected chi connectivity index (χ3v) is 4.64. The molecule has 0 aromatic carbocycles. The number of sulfone groups is 1. The maximum atomic E-state index is 11.3. The van der Waals surface area contributed by atoms with Crippen LogP contribution < -0.4 is 5.32 Å². The van der Waals surface area contributed by atoms with Crippen molar-refractivity contribution in [3.63, 3.8) is 0 Å². The molecule has 2 unspecified atom stereocenters. The second-order valence-corrected chi connectivity index (χ2v) is 6.42. The number of hydrogen-bond acceptors (Lipinski definition) is 3. The summed E-state index contributed by atoms with van der Waals surface area (Å²) in [5, 5.41) is 3.29. The third-order valence-electron chi connectivity index (χ3n) is 2.78. The average molecular weight is 219 g/mol. The van der Waals surface area contributed by atoms with Crippen LogP contribution in [0.4, 0.5) is 0 Å². The summed E-state index contributed by atoms with van der Waals surface area (Å²) in [6, 6.07) is 0.594. The molecule has 0 saturated heterocycles. The molecule has 0 heterocycles. The molecule has 4 heteroatoms. The van der Waals surface area contributed by atoms with Crippen molar-refractivity contribution in [2.24, 2.45) is 5.92 Å². The van der Waals surface area contributed by atoms with Gasteiger partial charge in [-0.25, -0.2) is 8.42 Å². The first kappa shape index (κ1) is 12.0. The van der Waals surface area contributed by atoms with Crippen LogP contribution in [0.25, 0.3) is 0 Å². The Morgan fingerprint density at radius 2 is 2.00 bits per heavy atom. The van der Waals surface area contributed by atoms with E-state index in [0.717, 1.165) is 12.3 Å². The van der Waals surface area contributed by atoms with Crippen molar-refractivity contribution in [3.8, 4) is 0 Å². The molecule has 0 bridgehead atoms. The van der Waals surface area contributed by atoms with Crippen molar-refractivity contribution in [2.45, 2.75) is 39.2 Å². The summed E-state index contributed by atoms with van der Waals surface area (Å²) in [5.41, 5.74) is 0. The van der Waals surface area contributed by atoms with Gasteiger partial charge in [-0.1, -0.05) is 20.3 Å². The quantitative estimate of drug-likeness (QED) is 0.700. The molecule has 1 rings (SSSR count). The van der Waals surface area contributed by atoms with Gasteiger partial charge in [-0.15, -0.1) is 0 Å². The van der Waals surface area contributed by atoms with E-state index in [4.69, 9.17) is 0 Å². The molecular formula is C10H21NO2S. The fraction of sp³-hybridized carbons (Fsp3) is 1.00. The smallest absolute Gasteiger partial charge is 0.151 e. The van der Waals surface area contributed by atoms with Crippen LogP contribution in [0.3, 0.4) is 0 Å². The van der Waals surface area contributed by atoms with Crippen molar-refractivity contribution in [3.05, 3.63) is 0 Å². The van der Waals surface area contributed by atoms with E-state index >= 15 is 0 Å². The lowest BCUT2D eigenvalue weighted by Gasteiger charge is -2.04. The summed E-state index contributed by atoms with van der Waals surface area (Å²) in [5.74, 6) is 1.42. The normalized spacial score (nSPS) is 26.4. The molecule has 1 N–H and O–H groups in total. The van der Waals surface area contributed by atoms with Crippen LogP contribution in [0.5, 0.6) is 0 Å². The zero-order valence-electron chi connectivity index (χ0n) is 9.12. The van der Waals surface area contributed by atoms with Gasteiger partial charge in [-0.3, -0.25) is 0 Å². The maximum absolute atomic E-state index is 11.3. The highest BCUT2D eigenvalue weighted by molar-refractivity contribution is 7.91. The lowest BCUT2D eigenvalue weighted by atomic mass is 10.3. The second kappa shape index (κ2) is 5.12. The summed E-state index contributed by atoms with van der Waals surface area (Å²) in [4.78, 5) is 0. The zero-order valence-corrected chi connectivity index (χ0v) is 9.94. The van der Waals surface area contributed by atoms with Crippen LogP contribution in [0.1, 0.15) is 33.1 Å². The minimum Gasteiger partial charge on any atom is -0.313 e. The van der Waals surface area contributed by atoms with Gasteiger partial charge in [0.15, 0.2) is 9.84 Å². The van der Waals surface area contributed by atoms with Crippen molar-refractivity contribution in [1.29, 1.82) is 0 Å². The minimum atomic E-state index is -2.79. The van der Waals surface area contributed by atoms with Crippen molar-refractivity contribution in [2.75, 3.05) is 18.1 Å².